The van der Waals surface area contributed by atoms with E-state index in [1.54, 1.807) is 0 Å². The van der Waals surface area contributed by atoms with Crippen molar-refractivity contribution in [2.75, 3.05) is 11.9 Å². The van der Waals surface area contributed by atoms with Crippen molar-refractivity contribution in [1.29, 1.82) is 0 Å². The number of halogens is 1. The third-order valence-electron chi connectivity index (χ3n) is 4.32. The first-order valence-electron chi connectivity index (χ1n) is 9.01. The zero-order chi connectivity index (χ0) is 23.6. The second kappa shape index (κ2) is 8.60. The number of imidazole rings is 1. The topological polar surface area (TPSA) is 203 Å². The summed E-state index contributed by atoms with van der Waals surface area (Å²) in [6, 6.07) is 0. The van der Waals surface area contributed by atoms with Crippen LogP contribution in [0, 0.1) is 0 Å². The van der Waals surface area contributed by atoms with Crippen molar-refractivity contribution in [3.8, 4) is 0 Å². The largest absolute Gasteiger partial charge is 0.462 e. The van der Waals surface area contributed by atoms with E-state index in [4.69, 9.17) is 19.7 Å². The zero-order valence-corrected chi connectivity index (χ0v) is 16.9. The van der Waals surface area contributed by atoms with Crippen LogP contribution in [0.5, 0.6) is 0 Å². The van der Waals surface area contributed by atoms with Crippen LogP contribution < -0.4 is 10.9 Å². The molecule has 0 bridgehead atoms. The van der Waals surface area contributed by atoms with Gasteiger partial charge in [0.25, 0.3) is 5.56 Å². The van der Waals surface area contributed by atoms with Gasteiger partial charge in [0.2, 0.25) is 17.6 Å². The number of aromatic amines is 1. The van der Waals surface area contributed by atoms with Crippen LogP contribution in [-0.4, -0.2) is 62.0 Å². The van der Waals surface area contributed by atoms with Crippen molar-refractivity contribution in [1.82, 2.24) is 19.5 Å². The molecule has 2 N–H and O–H groups in total. The van der Waals surface area contributed by atoms with Gasteiger partial charge in [-0.3, -0.25) is 34.0 Å². The number of anilines is 1. The number of fused-ring (bicyclic) bond motifs is 1. The summed E-state index contributed by atoms with van der Waals surface area (Å²) in [5.74, 6) is -2.47. The van der Waals surface area contributed by atoms with Crippen molar-refractivity contribution < 1.29 is 33.0 Å². The Bertz CT molecular complexity index is 1190. The third-order valence-corrected chi connectivity index (χ3v) is 4.32. The fraction of sp³-hybridized carbons (Fsp3) is 0.500. The van der Waals surface area contributed by atoms with Gasteiger partial charge < -0.3 is 14.2 Å². The predicted octanol–water partition coefficient (Wildman–Crippen LogP) is 0.446. The van der Waals surface area contributed by atoms with E-state index >= 15 is 4.39 Å². The molecule has 3 rings (SSSR count). The Morgan fingerprint density at radius 2 is 2.12 bits per heavy atom. The number of azide groups is 1. The minimum atomic E-state index is -2.26. The maximum absolute atomic E-state index is 15.5. The highest BCUT2D eigenvalue weighted by Gasteiger charge is 2.60. The summed E-state index contributed by atoms with van der Waals surface area (Å²) in [7, 11) is 0. The third kappa shape index (κ3) is 4.21. The minimum Gasteiger partial charge on any atom is -0.462 e. The van der Waals surface area contributed by atoms with Crippen LogP contribution in [-0.2, 0) is 28.6 Å². The number of carbonyl (C=O) groups is 3. The number of aromatic nitrogens is 4. The number of hydrogen-bond acceptors (Lipinski definition) is 10. The van der Waals surface area contributed by atoms with E-state index in [1.807, 2.05) is 0 Å². The Labute approximate surface area is 177 Å². The fourth-order valence-corrected chi connectivity index (χ4v) is 3.13. The maximum atomic E-state index is 15.5. The molecule has 0 aromatic carbocycles. The summed E-state index contributed by atoms with van der Waals surface area (Å²) in [5.41, 5.74) is 5.62. The van der Waals surface area contributed by atoms with E-state index in [1.165, 1.54) is 6.92 Å². The monoisotopic (exact) mass is 452 g/mol. The molecule has 0 radical (unpaired) electrons. The average Bonchev–Trinajstić information content (AvgIpc) is 3.21. The molecule has 1 fully saturated rings. The number of amides is 1. The number of esters is 2. The highest BCUT2D eigenvalue weighted by atomic mass is 19.1. The quantitative estimate of drug-likeness (QED) is 0.270. The van der Waals surface area contributed by atoms with Gasteiger partial charge in [0.15, 0.2) is 29.7 Å². The van der Waals surface area contributed by atoms with Gasteiger partial charge in [-0.05, 0) is 5.53 Å². The molecule has 0 spiro atoms. The number of nitrogens with zero attached hydrogens (tertiary/aromatic N) is 6. The molecule has 15 nitrogen and oxygen atoms in total. The Morgan fingerprint density at radius 3 is 2.72 bits per heavy atom. The number of carbonyl (C=O) groups excluding carboxylic acids is 3. The Kier molecular flexibility index (Phi) is 6.09. The summed E-state index contributed by atoms with van der Waals surface area (Å²) in [6.45, 7) is 2.48. The van der Waals surface area contributed by atoms with E-state index in [2.05, 4.69) is 30.3 Å². The second-order valence-corrected chi connectivity index (χ2v) is 6.72. The molecule has 4 atom stereocenters. The van der Waals surface area contributed by atoms with E-state index in [0.29, 0.717) is 0 Å². The van der Waals surface area contributed by atoms with Gasteiger partial charge in [-0.25, -0.2) is 9.37 Å². The lowest BCUT2D eigenvalue weighted by Crippen LogP contribution is -2.47. The molecular formula is C16H17FN8O7. The summed E-state index contributed by atoms with van der Waals surface area (Å²) >= 11 is 0. The van der Waals surface area contributed by atoms with Crippen molar-refractivity contribution >= 4 is 35.0 Å². The molecule has 32 heavy (non-hydrogen) atoms. The molecule has 0 aliphatic carbocycles. The van der Waals surface area contributed by atoms with Crippen molar-refractivity contribution in [2.24, 2.45) is 5.11 Å². The molecule has 1 aliphatic rings. The highest BCUT2D eigenvalue weighted by molar-refractivity contribution is 5.87. The summed E-state index contributed by atoms with van der Waals surface area (Å²) in [4.78, 5) is 59.2. The van der Waals surface area contributed by atoms with Crippen LogP contribution >= 0.6 is 0 Å². The Hall–Kier alpha value is -4.04. The second-order valence-electron chi connectivity index (χ2n) is 6.72. The lowest BCUT2D eigenvalue weighted by atomic mass is 10.1. The molecule has 170 valence electrons. The normalized spacial score (nSPS) is 24.6. The zero-order valence-electron chi connectivity index (χ0n) is 16.9. The van der Waals surface area contributed by atoms with E-state index in [0.717, 1.165) is 24.7 Å². The SMILES string of the molecule is CC(=O)Nc1nc2c(ncn2[C@@H]2O[C@@](COC(C)=O)(N=[N+]=[N-])[C@@H](OC(C)=O)[C@H]2F)c(=O)[nH]1. The first-order chi connectivity index (χ1) is 15.1. The molecule has 16 heteroatoms. The first-order valence-corrected chi connectivity index (χ1v) is 9.01. The Balaban J connectivity index is 2.12. The van der Waals surface area contributed by atoms with Crippen molar-refractivity contribution in [3.05, 3.63) is 27.1 Å². The van der Waals surface area contributed by atoms with Gasteiger partial charge in [0.1, 0.15) is 6.61 Å². The van der Waals surface area contributed by atoms with E-state index in [-0.39, 0.29) is 17.1 Å². The van der Waals surface area contributed by atoms with Gasteiger partial charge in [0, 0.05) is 25.7 Å². The van der Waals surface area contributed by atoms with Crippen LogP contribution in [0.2, 0.25) is 0 Å². The number of nitrogens with one attached hydrogen (secondary N) is 2. The van der Waals surface area contributed by atoms with Crippen LogP contribution in [0.25, 0.3) is 21.6 Å². The van der Waals surface area contributed by atoms with Crippen molar-refractivity contribution in [2.45, 2.75) is 45.0 Å². The summed E-state index contributed by atoms with van der Waals surface area (Å²) < 4.78 is 31.9. The minimum absolute atomic E-state index is 0.184. The van der Waals surface area contributed by atoms with Crippen molar-refractivity contribution in [3.63, 3.8) is 0 Å². The van der Waals surface area contributed by atoms with Gasteiger partial charge >= 0.3 is 11.9 Å². The van der Waals surface area contributed by atoms with E-state index < -0.39 is 54.2 Å². The van der Waals surface area contributed by atoms with Gasteiger partial charge in [-0.1, -0.05) is 5.11 Å². The van der Waals surface area contributed by atoms with Crippen LogP contribution in [0.1, 0.15) is 27.0 Å². The highest BCUT2D eigenvalue weighted by Crippen LogP contribution is 2.43. The molecule has 2 aromatic rings. The van der Waals surface area contributed by atoms with Crippen LogP contribution in [0.3, 0.4) is 0 Å². The number of alkyl halides is 1. The standard InChI is InChI=1S/C16H17FN8O7/c1-6(26)20-15-21-12-10(13(29)22-15)19-5-25(12)14-9(17)11(31-8(3)28)16(32-14,23-24-18)4-30-7(2)27/h5,9,11,14H,4H2,1-3H3,(H2,20,21,22,26,29)/t9-,11+,14-,16-/m1/s1. The van der Waals surface area contributed by atoms with Crippen LogP contribution in [0.4, 0.5) is 10.3 Å². The number of rotatable bonds is 6. The lowest BCUT2D eigenvalue weighted by Gasteiger charge is -2.28. The summed E-state index contributed by atoms with van der Waals surface area (Å²) in [5, 5.41) is 5.70. The molecule has 0 unspecified atom stereocenters. The maximum Gasteiger partial charge on any atom is 0.303 e. The molecular weight excluding hydrogens is 435 g/mol. The van der Waals surface area contributed by atoms with Gasteiger partial charge in [0.05, 0.1) is 6.33 Å². The average molecular weight is 452 g/mol. The molecule has 0 saturated carbocycles. The smallest absolute Gasteiger partial charge is 0.303 e. The number of ether oxygens (including phenoxy) is 3. The molecule has 1 amide bonds. The molecule has 2 aromatic heterocycles. The molecule has 1 saturated heterocycles. The van der Waals surface area contributed by atoms with Gasteiger partial charge in [-0.15, -0.1) is 0 Å². The molecule has 1 aliphatic heterocycles. The lowest BCUT2D eigenvalue weighted by molar-refractivity contribution is -0.174. The first kappa shape index (κ1) is 22.6. The van der Waals surface area contributed by atoms with Gasteiger partial charge in [-0.2, -0.15) is 4.98 Å². The van der Waals surface area contributed by atoms with Crippen LogP contribution in [0.15, 0.2) is 16.2 Å². The number of H-pyrrole nitrogens is 1. The predicted molar refractivity (Wildman–Crippen MR) is 102 cm³/mol. The number of hydrogen-bond donors (Lipinski definition) is 2. The fourth-order valence-electron chi connectivity index (χ4n) is 3.13. The molecule has 3 heterocycles. The Morgan fingerprint density at radius 1 is 1.41 bits per heavy atom. The summed E-state index contributed by atoms with van der Waals surface area (Å²) in [6.07, 6.45) is -4.60. The van der Waals surface area contributed by atoms with E-state index in [9.17, 15) is 19.2 Å².